The van der Waals surface area contributed by atoms with Crippen LogP contribution in [0.15, 0.2) is 24.3 Å². The third kappa shape index (κ3) is 5.42. The first-order valence-corrected chi connectivity index (χ1v) is 7.19. The van der Waals surface area contributed by atoms with Crippen LogP contribution in [-0.2, 0) is 14.3 Å². The van der Waals surface area contributed by atoms with Gasteiger partial charge in [-0.05, 0) is 31.2 Å². The highest BCUT2D eigenvalue weighted by molar-refractivity contribution is 5.94. The molecule has 1 aromatic rings. The van der Waals surface area contributed by atoms with Crippen molar-refractivity contribution in [1.29, 1.82) is 0 Å². The van der Waals surface area contributed by atoms with Gasteiger partial charge in [0.2, 0.25) is 11.8 Å². The summed E-state index contributed by atoms with van der Waals surface area (Å²) in [6.45, 7) is 4.11. The Hall–Kier alpha value is -1.99. The van der Waals surface area contributed by atoms with Crippen LogP contribution in [0.4, 0.5) is 10.1 Å². The fourth-order valence-corrected chi connectivity index (χ4v) is 2.21. The second-order valence-corrected chi connectivity index (χ2v) is 5.25. The second kappa shape index (κ2) is 7.86. The minimum Gasteiger partial charge on any atom is -0.376 e. The number of halogens is 1. The third-order valence-corrected chi connectivity index (χ3v) is 3.27. The molecule has 0 aliphatic carbocycles. The summed E-state index contributed by atoms with van der Waals surface area (Å²) in [6, 6.07) is 5.44. The molecule has 1 aliphatic heterocycles. The molecule has 2 amide bonds. The first kappa shape index (κ1) is 16.4. The maximum Gasteiger partial charge on any atom is 0.243 e. The van der Waals surface area contributed by atoms with Crippen molar-refractivity contribution < 1.29 is 18.7 Å². The van der Waals surface area contributed by atoms with Gasteiger partial charge in [-0.2, -0.15) is 0 Å². The van der Waals surface area contributed by atoms with Gasteiger partial charge in [0.1, 0.15) is 5.82 Å². The van der Waals surface area contributed by atoms with E-state index in [1.807, 2.05) is 11.8 Å². The van der Waals surface area contributed by atoms with Crippen molar-refractivity contribution in [2.45, 2.75) is 13.0 Å². The predicted molar refractivity (Wildman–Crippen MR) is 79.9 cm³/mol. The average molecular weight is 309 g/mol. The molecule has 2 rings (SSSR count). The van der Waals surface area contributed by atoms with Gasteiger partial charge in [-0.15, -0.1) is 0 Å². The van der Waals surface area contributed by atoms with Gasteiger partial charge in [0.25, 0.3) is 0 Å². The summed E-state index contributed by atoms with van der Waals surface area (Å²) in [5, 5.41) is 5.15. The van der Waals surface area contributed by atoms with Gasteiger partial charge in [0.05, 0.1) is 25.8 Å². The van der Waals surface area contributed by atoms with E-state index in [4.69, 9.17) is 4.74 Å². The standard InChI is InChI=1S/C15H20FN3O3/c1-11-9-19(6-7-22-11)10-15(21)17-8-14(20)18-13-4-2-12(16)3-5-13/h2-5,11H,6-10H2,1H3,(H,17,21)(H,18,20)/t11-/m1/s1. The monoisotopic (exact) mass is 309 g/mol. The molecule has 0 saturated carbocycles. The number of carbonyl (C=O) groups excluding carboxylic acids is 2. The van der Waals surface area contributed by atoms with Gasteiger partial charge in [-0.3, -0.25) is 14.5 Å². The van der Waals surface area contributed by atoms with Crippen molar-refractivity contribution >= 4 is 17.5 Å². The lowest BCUT2D eigenvalue weighted by atomic mass is 10.3. The Kier molecular flexibility index (Phi) is 5.85. The Bertz CT molecular complexity index is 521. The molecule has 0 aromatic heterocycles. The van der Waals surface area contributed by atoms with Crippen molar-refractivity contribution in [2.24, 2.45) is 0 Å². The molecular formula is C15H20FN3O3. The highest BCUT2D eigenvalue weighted by Crippen LogP contribution is 2.07. The molecule has 6 nitrogen and oxygen atoms in total. The molecule has 22 heavy (non-hydrogen) atoms. The number of benzene rings is 1. The molecule has 1 fully saturated rings. The van der Waals surface area contributed by atoms with Gasteiger partial charge >= 0.3 is 0 Å². The lowest BCUT2D eigenvalue weighted by molar-refractivity contribution is -0.126. The molecule has 1 heterocycles. The predicted octanol–water partition coefficient (Wildman–Crippen LogP) is 0.601. The molecule has 7 heteroatoms. The van der Waals surface area contributed by atoms with Gasteiger partial charge in [-0.25, -0.2) is 4.39 Å². The summed E-state index contributed by atoms with van der Waals surface area (Å²) < 4.78 is 18.1. The number of ether oxygens (including phenoxy) is 1. The SMILES string of the molecule is C[C@@H]1CN(CC(=O)NCC(=O)Nc2ccc(F)cc2)CCO1. The van der Waals surface area contributed by atoms with E-state index >= 15 is 0 Å². The van der Waals surface area contributed by atoms with Crippen molar-refractivity contribution in [3.63, 3.8) is 0 Å². The lowest BCUT2D eigenvalue weighted by Gasteiger charge is -2.30. The summed E-state index contributed by atoms with van der Waals surface area (Å²) in [4.78, 5) is 25.5. The van der Waals surface area contributed by atoms with E-state index in [9.17, 15) is 14.0 Å². The van der Waals surface area contributed by atoms with Crippen LogP contribution in [0.25, 0.3) is 0 Å². The first-order valence-electron chi connectivity index (χ1n) is 7.19. The number of morpholine rings is 1. The van der Waals surface area contributed by atoms with E-state index in [1.165, 1.54) is 24.3 Å². The maximum absolute atomic E-state index is 12.7. The molecule has 120 valence electrons. The number of hydrogen-bond donors (Lipinski definition) is 2. The summed E-state index contributed by atoms with van der Waals surface area (Å²) >= 11 is 0. The molecular weight excluding hydrogens is 289 g/mol. The maximum atomic E-state index is 12.7. The molecule has 1 aromatic carbocycles. The van der Waals surface area contributed by atoms with Crippen LogP contribution < -0.4 is 10.6 Å². The Labute approximate surface area is 128 Å². The van der Waals surface area contributed by atoms with Crippen molar-refractivity contribution in [1.82, 2.24) is 10.2 Å². The van der Waals surface area contributed by atoms with Crippen LogP contribution in [0, 0.1) is 5.82 Å². The molecule has 0 spiro atoms. The third-order valence-electron chi connectivity index (χ3n) is 3.27. The van der Waals surface area contributed by atoms with Crippen LogP contribution in [0.1, 0.15) is 6.92 Å². The summed E-state index contributed by atoms with van der Waals surface area (Å²) in [5.74, 6) is -0.926. The molecule has 1 atom stereocenters. The van der Waals surface area contributed by atoms with Crippen molar-refractivity contribution in [3.8, 4) is 0 Å². The molecule has 1 saturated heterocycles. The number of carbonyl (C=O) groups is 2. The smallest absolute Gasteiger partial charge is 0.243 e. The van der Waals surface area contributed by atoms with Crippen LogP contribution >= 0.6 is 0 Å². The number of nitrogens with one attached hydrogen (secondary N) is 2. The summed E-state index contributed by atoms with van der Waals surface area (Å²) in [7, 11) is 0. The molecule has 0 radical (unpaired) electrons. The van der Waals surface area contributed by atoms with E-state index in [2.05, 4.69) is 10.6 Å². The Balaban J connectivity index is 1.69. The van der Waals surface area contributed by atoms with Crippen LogP contribution in [-0.4, -0.2) is 55.6 Å². The quantitative estimate of drug-likeness (QED) is 0.836. The number of anilines is 1. The molecule has 0 unspecified atom stereocenters. The highest BCUT2D eigenvalue weighted by atomic mass is 19.1. The minimum absolute atomic E-state index is 0.114. The van der Waals surface area contributed by atoms with Crippen LogP contribution in [0.3, 0.4) is 0 Å². The fourth-order valence-electron chi connectivity index (χ4n) is 2.21. The van der Waals surface area contributed by atoms with E-state index in [1.54, 1.807) is 0 Å². The Morgan fingerprint density at radius 2 is 2.05 bits per heavy atom. The average Bonchev–Trinajstić information content (AvgIpc) is 2.48. The molecule has 2 N–H and O–H groups in total. The molecule has 0 bridgehead atoms. The van der Waals surface area contributed by atoms with Crippen LogP contribution in [0.2, 0.25) is 0 Å². The van der Waals surface area contributed by atoms with E-state index in [-0.39, 0.29) is 36.8 Å². The first-order chi connectivity index (χ1) is 10.5. The van der Waals surface area contributed by atoms with Gasteiger partial charge < -0.3 is 15.4 Å². The zero-order valence-electron chi connectivity index (χ0n) is 12.5. The van der Waals surface area contributed by atoms with Gasteiger partial charge in [0, 0.05) is 18.8 Å². The number of nitrogens with zero attached hydrogens (tertiary/aromatic N) is 1. The minimum atomic E-state index is -0.369. The summed E-state index contributed by atoms with van der Waals surface area (Å²) in [6.07, 6.45) is 0.114. The van der Waals surface area contributed by atoms with E-state index in [0.717, 1.165) is 0 Å². The van der Waals surface area contributed by atoms with Crippen LogP contribution in [0.5, 0.6) is 0 Å². The van der Waals surface area contributed by atoms with Gasteiger partial charge in [0.15, 0.2) is 0 Å². The molecule has 1 aliphatic rings. The fraction of sp³-hybridized carbons (Fsp3) is 0.467. The lowest BCUT2D eigenvalue weighted by Crippen LogP contribution is -2.47. The zero-order valence-corrected chi connectivity index (χ0v) is 12.5. The van der Waals surface area contributed by atoms with E-state index < -0.39 is 0 Å². The Morgan fingerprint density at radius 3 is 2.73 bits per heavy atom. The number of amides is 2. The van der Waals surface area contributed by atoms with Gasteiger partial charge in [-0.1, -0.05) is 0 Å². The number of hydrogen-bond acceptors (Lipinski definition) is 4. The van der Waals surface area contributed by atoms with Crippen molar-refractivity contribution in [2.75, 3.05) is 38.1 Å². The van der Waals surface area contributed by atoms with E-state index in [0.29, 0.717) is 25.4 Å². The Morgan fingerprint density at radius 1 is 1.32 bits per heavy atom. The second-order valence-electron chi connectivity index (χ2n) is 5.25. The summed E-state index contributed by atoms with van der Waals surface area (Å²) in [5.41, 5.74) is 0.489. The number of rotatable bonds is 5. The van der Waals surface area contributed by atoms with Crippen molar-refractivity contribution in [3.05, 3.63) is 30.1 Å². The largest absolute Gasteiger partial charge is 0.376 e. The normalized spacial score (nSPS) is 18.7. The zero-order chi connectivity index (χ0) is 15.9. The topological polar surface area (TPSA) is 70.7 Å². The highest BCUT2D eigenvalue weighted by Gasteiger charge is 2.19.